The van der Waals surface area contributed by atoms with Crippen molar-refractivity contribution in [2.24, 2.45) is 0 Å². The Bertz CT molecular complexity index is 1170. The Morgan fingerprint density at radius 2 is 2.00 bits per heavy atom. The molecule has 0 unspecified atom stereocenters. The summed E-state index contributed by atoms with van der Waals surface area (Å²) in [6.07, 6.45) is 2.86. The van der Waals surface area contributed by atoms with E-state index in [4.69, 9.17) is 0 Å². The van der Waals surface area contributed by atoms with Gasteiger partial charge in [0.1, 0.15) is 11.4 Å². The molecule has 1 aliphatic carbocycles. The molecule has 0 saturated heterocycles. The number of carboxylic acids is 1. The average Bonchev–Trinajstić information content (AvgIpc) is 3.34. The summed E-state index contributed by atoms with van der Waals surface area (Å²) in [5.74, 6) is -1.74. The molecule has 0 saturated carbocycles. The third-order valence-corrected chi connectivity index (χ3v) is 5.28. The van der Waals surface area contributed by atoms with Crippen molar-refractivity contribution < 1.29 is 19.5 Å². The lowest BCUT2D eigenvalue weighted by molar-refractivity contribution is 0.0695. The molecule has 4 rings (SSSR count). The van der Waals surface area contributed by atoms with Gasteiger partial charge in [0.25, 0.3) is 11.8 Å². The highest BCUT2D eigenvalue weighted by atomic mass is 16.4. The summed E-state index contributed by atoms with van der Waals surface area (Å²) in [6, 6.07) is 6.10. The lowest BCUT2D eigenvalue weighted by Gasteiger charge is -2.16. The molecule has 2 aromatic heterocycles. The van der Waals surface area contributed by atoms with Gasteiger partial charge in [-0.05, 0) is 42.5 Å². The normalized spacial score (nSPS) is 15.2. The third-order valence-electron chi connectivity index (χ3n) is 5.28. The second-order valence-corrected chi connectivity index (χ2v) is 6.88. The van der Waals surface area contributed by atoms with Crippen LogP contribution in [-0.4, -0.2) is 44.5 Å². The molecule has 3 aromatic rings. The molecule has 9 nitrogen and oxygen atoms in total. The maximum absolute atomic E-state index is 13.0. The standard InChI is InChI=1S/C20H19N5O4/c1-10-11-5-6-14(13(11)4-3-12(10)20(28)29)24-19(27)16-9-15(18(26)21-2)23-17-7-8-22-25(16)17/h3-4,7-9,14H,5-6H2,1-2H3,(H,21,26)(H,24,27)(H,28,29)/t14-/m0/s1. The summed E-state index contributed by atoms with van der Waals surface area (Å²) in [5.41, 5.74) is 3.60. The predicted octanol–water partition coefficient (Wildman–Crippen LogP) is 1.51. The van der Waals surface area contributed by atoms with Crippen LogP contribution in [0.25, 0.3) is 5.65 Å². The van der Waals surface area contributed by atoms with Crippen molar-refractivity contribution in [2.75, 3.05) is 7.05 Å². The highest BCUT2D eigenvalue weighted by Gasteiger charge is 2.28. The molecule has 1 aromatic carbocycles. The molecule has 0 bridgehead atoms. The minimum atomic E-state index is -0.961. The van der Waals surface area contributed by atoms with E-state index in [2.05, 4.69) is 20.7 Å². The lowest BCUT2D eigenvalue weighted by Crippen LogP contribution is -2.30. The number of benzene rings is 1. The minimum absolute atomic E-state index is 0.124. The monoisotopic (exact) mass is 393 g/mol. The molecule has 1 aliphatic rings. The molecule has 0 aliphatic heterocycles. The van der Waals surface area contributed by atoms with Gasteiger partial charge < -0.3 is 15.7 Å². The zero-order valence-electron chi connectivity index (χ0n) is 15.9. The van der Waals surface area contributed by atoms with E-state index >= 15 is 0 Å². The summed E-state index contributed by atoms with van der Waals surface area (Å²) < 4.78 is 1.39. The summed E-state index contributed by atoms with van der Waals surface area (Å²) >= 11 is 0. The first-order valence-corrected chi connectivity index (χ1v) is 9.14. The van der Waals surface area contributed by atoms with Crippen LogP contribution in [0.2, 0.25) is 0 Å². The van der Waals surface area contributed by atoms with Crippen molar-refractivity contribution in [2.45, 2.75) is 25.8 Å². The molecule has 148 valence electrons. The van der Waals surface area contributed by atoms with E-state index in [0.29, 0.717) is 18.5 Å². The number of amides is 2. The number of carboxylic acid groups (broad SMARTS) is 1. The molecule has 0 spiro atoms. The Morgan fingerprint density at radius 3 is 2.72 bits per heavy atom. The topological polar surface area (TPSA) is 126 Å². The van der Waals surface area contributed by atoms with E-state index in [1.54, 1.807) is 25.1 Å². The maximum atomic E-state index is 13.0. The van der Waals surface area contributed by atoms with Crippen LogP contribution in [0.1, 0.15) is 60.5 Å². The highest BCUT2D eigenvalue weighted by Crippen LogP contribution is 2.34. The number of nitrogens with zero attached hydrogens (tertiary/aromatic N) is 3. The fourth-order valence-electron chi connectivity index (χ4n) is 3.81. The number of rotatable bonds is 4. The van der Waals surface area contributed by atoms with Crippen molar-refractivity contribution in [1.82, 2.24) is 25.2 Å². The van der Waals surface area contributed by atoms with Crippen molar-refractivity contribution in [3.8, 4) is 0 Å². The predicted molar refractivity (Wildman–Crippen MR) is 103 cm³/mol. The summed E-state index contributed by atoms with van der Waals surface area (Å²) in [7, 11) is 1.49. The number of hydrogen-bond donors (Lipinski definition) is 3. The van der Waals surface area contributed by atoms with E-state index in [0.717, 1.165) is 16.7 Å². The van der Waals surface area contributed by atoms with Gasteiger partial charge in [0.2, 0.25) is 0 Å². The Labute approximate surface area is 165 Å². The summed E-state index contributed by atoms with van der Waals surface area (Å²) in [5, 5.41) is 18.9. The van der Waals surface area contributed by atoms with E-state index in [9.17, 15) is 19.5 Å². The van der Waals surface area contributed by atoms with Gasteiger partial charge in [-0.2, -0.15) is 5.10 Å². The van der Waals surface area contributed by atoms with E-state index in [1.165, 1.54) is 23.8 Å². The van der Waals surface area contributed by atoms with Crippen molar-refractivity contribution in [3.05, 3.63) is 64.1 Å². The molecule has 0 fully saturated rings. The van der Waals surface area contributed by atoms with E-state index in [1.807, 2.05) is 0 Å². The number of carbonyl (C=O) groups is 3. The molecule has 29 heavy (non-hydrogen) atoms. The molecule has 0 radical (unpaired) electrons. The van der Waals surface area contributed by atoms with Gasteiger partial charge in [-0.3, -0.25) is 9.59 Å². The third kappa shape index (κ3) is 3.10. The van der Waals surface area contributed by atoms with Gasteiger partial charge in [-0.1, -0.05) is 6.07 Å². The first-order valence-electron chi connectivity index (χ1n) is 9.14. The molecule has 2 amide bonds. The average molecular weight is 393 g/mol. The Hall–Kier alpha value is -3.75. The van der Waals surface area contributed by atoms with Crippen LogP contribution in [-0.2, 0) is 6.42 Å². The van der Waals surface area contributed by atoms with Crippen molar-refractivity contribution in [3.63, 3.8) is 0 Å². The second-order valence-electron chi connectivity index (χ2n) is 6.88. The number of fused-ring (bicyclic) bond motifs is 2. The van der Waals surface area contributed by atoms with Crippen LogP contribution in [0.4, 0.5) is 0 Å². The Morgan fingerprint density at radius 1 is 1.21 bits per heavy atom. The SMILES string of the molecule is CNC(=O)c1cc(C(=O)N[C@H]2CCc3c2ccc(C(=O)O)c3C)n2nccc2n1. The van der Waals surface area contributed by atoms with Crippen LogP contribution in [0, 0.1) is 6.92 Å². The zero-order chi connectivity index (χ0) is 20.7. The molecular weight excluding hydrogens is 374 g/mol. The quantitative estimate of drug-likeness (QED) is 0.617. The van der Waals surface area contributed by atoms with Crippen LogP contribution >= 0.6 is 0 Å². The zero-order valence-corrected chi connectivity index (χ0v) is 15.9. The largest absolute Gasteiger partial charge is 0.478 e. The van der Waals surface area contributed by atoms with Gasteiger partial charge in [0.05, 0.1) is 17.8 Å². The molecule has 1 atom stereocenters. The van der Waals surface area contributed by atoms with E-state index in [-0.39, 0.29) is 28.9 Å². The number of nitrogens with one attached hydrogen (secondary N) is 2. The molecule has 2 heterocycles. The van der Waals surface area contributed by atoms with Gasteiger partial charge in [-0.25, -0.2) is 14.3 Å². The number of carbonyl (C=O) groups excluding carboxylic acids is 2. The van der Waals surface area contributed by atoms with Crippen molar-refractivity contribution >= 4 is 23.4 Å². The van der Waals surface area contributed by atoms with Crippen LogP contribution in [0.3, 0.4) is 0 Å². The first-order chi connectivity index (χ1) is 13.9. The number of hydrogen-bond acceptors (Lipinski definition) is 5. The summed E-state index contributed by atoms with van der Waals surface area (Å²) in [4.78, 5) is 40.6. The second kappa shape index (κ2) is 7.01. The van der Waals surface area contributed by atoms with E-state index < -0.39 is 11.9 Å². The van der Waals surface area contributed by atoms with Gasteiger partial charge >= 0.3 is 5.97 Å². The van der Waals surface area contributed by atoms with Crippen LogP contribution < -0.4 is 10.6 Å². The highest BCUT2D eigenvalue weighted by molar-refractivity contribution is 5.98. The number of aromatic carboxylic acids is 1. The first kappa shape index (κ1) is 18.6. The molecular formula is C20H19N5O4. The smallest absolute Gasteiger partial charge is 0.335 e. The van der Waals surface area contributed by atoms with Gasteiger partial charge in [0.15, 0.2) is 5.65 Å². The number of aromatic nitrogens is 3. The Balaban J connectivity index is 1.67. The fourth-order valence-corrected chi connectivity index (χ4v) is 3.81. The van der Waals surface area contributed by atoms with Gasteiger partial charge in [-0.15, -0.1) is 0 Å². The summed E-state index contributed by atoms with van der Waals surface area (Å²) in [6.45, 7) is 1.79. The van der Waals surface area contributed by atoms with Gasteiger partial charge in [0, 0.05) is 19.2 Å². The maximum Gasteiger partial charge on any atom is 0.335 e. The molecule has 9 heteroatoms. The fraction of sp³-hybridized carbons (Fsp3) is 0.250. The lowest BCUT2D eigenvalue weighted by atomic mass is 9.98. The van der Waals surface area contributed by atoms with Crippen LogP contribution in [0.5, 0.6) is 0 Å². The molecule has 3 N–H and O–H groups in total. The minimum Gasteiger partial charge on any atom is -0.478 e. The Kier molecular flexibility index (Phi) is 4.50. The van der Waals surface area contributed by atoms with Crippen LogP contribution in [0.15, 0.2) is 30.5 Å². The van der Waals surface area contributed by atoms with Crippen molar-refractivity contribution in [1.29, 1.82) is 0 Å².